The van der Waals surface area contributed by atoms with Gasteiger partial charge in [0.05, 0.1) is 18.3 Å². The van der Waals surface area contributed by atoms with E-state index < -0.39 is 11.7 Å². The van der Waals surface area contributed by atoms with Crippen LogP contribution in [0.15, 0.2) is 59.1 Å². The first-order valence-electron chi connectivity index (χ1n) is 12.6. The number of amides is 2. The predicted molar refractivity (Wildman–Crippen MR) is 158 cm³/mol. The molecule has 206 valence electrons. The Balaban J connectivity index is 1.46. The zero-order chi connectivity index (χ0) is 28.3. The van der Waals surface area contributed by atoms with Gasteiger partial charge < -0.3 is 10.1 Å². The lowest BCUT2D eigenvalue weighted by atomic mass is 10.0. The molecule has 1 aliphatic rings. The van der Waals surface area contributed by atoms with Gasteiger partial charge in [-0.05, 0) is 69.5 Å². The van der Waals surface area contributed by atoms with Crippen molar-refractivity contribution in [2.75, 3.05) is 6.54 Å². The highest BCUT2D eigenvalue weighted by atomic mass is 79.9. The maximum absolute atomic E-state index is 13.0. The molecule has 1 saturated heterocycles. The fourth-order valence-corrected chi connectivity index (χ4v) is 5.28. The molecule has 2 heterocycles. The van der Waals surface area contributed by atoms with Gasteiger partial charge >= 0.3 is 6.09 Å². The van der Waals surface area contributed by atoms with Gasteiger partial charge in [0.2, 0.25) is 5.91 Å². The minimum atomic E-state index is -0.626. The van der Waals surface area contributed by atoms with Gasteiger partial charge in [0, 0.05) is 33.7 Å². The van der Waals surface area contributed by atoms with Crippen LogP contribution in [0.25, 0.3) is 6.08 Å². The highest BCUT2D eigenvalue weighted by Crippen LogP contribution is 2.34. The Morgan fingerprint density at radius 1 is 1.15 bits per heavy atom. The number of likely N-dealkylation sites (tertiary alicyclic amines) is 1. The van der Waals surface area contributed by atoms with Crippen molar-refractivity contribution in [3.63, 3.8) is 0 Å². The molecule has 0 saturated carbocycles. The molecule has 10 heteroatoms. The van der Waals surface area contributed by atoms with Gasteiger partial charge in [0.1, 0.15) is 10.8 Å². The van der Waals surface area contributed by atoms with Crippen molar-refractivity contribution in [1.29, 1.82) is 0 Å². The minimum Gasteiger partial charge on any atom is -0.444 e. The third-order valence-electron chi connectivity index (χ3n) is 6.32. The monoisotopic (exact) mass is 632 g/mol. The van der Waals surface area contributed by atoms with E-state index in [-0.39, 0.29) is 18.0 Å². The van der Waals surface area contributed by atoms with E-state index in [0.717, 1.165) is 15.6 Å². The summed E-state index contributed by atoms with van der Waals surface area (Å²) < 4.78 is 8.27. The Bertz CT molecular complexity index is 1380. The molecule has 2 unspecified atom stereocenters. The van der Waals surface area contributed by atoms with Crippen LogP contribution in [0.3, 0.4) is 0 Å². The van der Waals surface area contributed by atoms with Crippen molar-refractivity contribution in [3.05, 3.63) is 91.6 Å². The number of rotatable bonds is 6. The molecule has 0 bridgehead atoms. The molecule has 2 amide bonds. The first-order valence-corrected chi connectivity index (χ1v) is 14.2. The van der Waals surface area contributed by atoms with Crippen LogP contribution in [0.1, 0.15) is 55.6 Å². The van der Waals surface area contributed by atoms with Crippen molar-refractivity contribution in [1.82, 2.24) is 20.0 Å². The SMILES string of the molecule is Cc1nn(Cc2ccccc2Cl)c(Cl)c1/C=C/C(=O)NC1CC(c2ccc(Br)cc2)N(C(=O)OC(C)(C)C)C1. The number of aromatic nitrogens is 2. The van der Waals surface area contributed by atoms with E-state index in [4.69, 9.17) is 27.9 Å². The number of hydrogen-bond donors (Lipinski definition) is 1. The third-order valence-corrected chi connectivity index (χ3v) is 7.62. The van der Waals surface area contributed by atoms with E-state index in [2.05, 4.69) is 26.3 Å². The van der Waals surface area contributed by atoms with Gasteiger partial charge in [-0.1, -0.05) is 69.5 Å². The van der Waals surface area contributed by atoms with Crippen LogP contribution in [0, 0.1) is 6.92 Å². The molecule has 0 radical (unpaired) electrons. The van der Waals surface area contributed by atoms with Gasteiger partial charge in [-0.2, -0.15) is 5.10 Å². The van der Waals surface area contributed by atoms with Crippen LogP contribution >= 0.6 is 39.1 Å². The summed E-state index contributed by atoms with van der Waals surface area (Å²) in [5.74, 6) is -0.282. The van der Waals surface area contributed by atoms with E-state index in [9.17, 15) is 9.59 Å². The van der Waals surface area contributed by atoms with Crippen molar-refractivity contribution in [2.45, 2.75) is 58.3 Å². The molecule has 7 nitrogen and oxygen atoms in total. The van der Waals surface area contributed by atoms with Gasteiger partial charge in [0.15, 0.2) is 0 Å². The van der Waals surface area contributed by atoms with Crippen molar-refractivity contribution in [2.24, 2.45) is 0 Å². The van der Waals surface area contributed by atoms with Crippen LogP contribution in [0.4, 0.5) is 4.79 Å². The van der Waals surface area contributed by atoms with Crippen LogP contribution in [-0.4, -0.2) is 44.9 Å². The molecular weight excluding hydrogens is 603 g/mol. The largest absolute Gasteiger partial charge is 0.444 e. The highest BCUT2D eigenvalue weighted by molar-refractivity contribution is 9.10. The molecule has 1 aliphatic heterocycles. The Kier molecular flexibility index (Phi) is 9.09. The van der Waals surface area contributed by atoms with Gasteiger partial charge in [0.25, 0.3) is 0 Å². The Morgan fingerprint density at radius 3 is 2.51 bits per heavy atom. The van der Waals surface area contributed by atoms with Gasteiger partial charge in [-0.15, -0.1) is 0 Å². The maximum atomic E-state index is 13.0. The second-order valence-electron chi connectivity index (χ2n) is 10.5. The number of nitrogens with zero attached hydrogens (tertiary/aromatic N) is 3. The van der Waals surface area contributed by atoms with Crippen molar-refractivity contribution in [3.8, 4) is 0 Å². The van der Waals surface area contributed by atoms with Crippen LogP contribution in [0.5, 0.6) is 0 Å². The number of ether oxygens (including phenoxy) is 1. The summed E-state index contributed by atoms with van der Waals surface area (Å²) in [6.45, 7) is 8.10. The maximum Gasteiger partial charge on any atom is 0.410 e. The molecule has 1 N–H and O–H groups in total. The van der Waals surface area contributed by atoms with Crippen LogP contribution < -0.4 is 5.32 Å². The number of carbonyl (C=O) groups is 2. The highest BCUT2D eigenvalue weighted by Gasteiger charge is 2.38. The third kappa shape index (κ3) is 7.44. The summed E-state index contributed by atoms with van der Waals surface area (Å²) in [5.41, 5.74) is 2.60. The number of hydrogen-bond acceptors (Lipinski definition) is 4. The average Bonchev–Trinajstić information content (AvgIpc) is 3.39. The summed E-state index contributed by atoms with van der Waals surface area (Å²) in [4.78, 5) is 27.6. The zero-order valence-electron chi connectivity index (χ0n) is 22.2. The summed E-state index contributed by atoms with van der Waals surface area (Å²) in [6, 6.07) is 14.9. The lowest BCUT2D eigenvalue weighted by Crippen LogP contribution is -2.40. The lowest BCUT2D eigenvalue weighted by molar-refractivity contribution is -0.117. The van der Waals surface area contributed by atoms with E-state index in [1.807, 2.05) is 76.2 Å². The normalized spacial score (nSPS) is 17.6. The minimum absolute atomic E-state index is 0.220. The average molecular weight is 634 g/mol. The molecule has 0 spiro atoms. The molecule has 1 fully saturated rings. The quantitative estimate of drug-likeness (QED) is 0.292. The molecule has 3 aromatic rings. The molecule has 0 aliphatic carbocycles. The van der Waals surface area contributed by atoms with Crippen molar-refractivity contribution < 1.29 is 14.3 Å². The van der Waals surface area contributed by atoms with E-state index >= 15 is 0 Å². The second kappa shape index (κ2) is 12.1. The molecular formula is C29H31BrCl2N4O3. The second-order valence-corrected chi connectivity index (χ2v) is 12.2. The summed E-state index contributed by atoms with van der Waals surface area (Å²) in [5, 5.41) is 8.60. The summed E-state index contributed by atoms with van der Waals surface area (Å²) in [6.07, 6.45) is 3.27. The van der Waals surface area contributed by atoms with Crippen molar-refractivity contribution >= 4 is 57.2 Å². The molecule has 39 heavy (non-hydrogen) atoms. The van der Waals surface area contributed by atoms with Gasteiger partial charge in [-0.25, -0.2) is 9.48 Å². The van der Waals surface area contributed by atoms with E-state index in [0.29, 0.717) is 40.9 Å². The van der Waals surface area contributed by atoms with Crippen LogP contribution in [0.2, 0.25) is 10.2 Å². The molecule has 4 rings (SSSR count). The number of benzene rings is 2. The van der Waals surface area contributed by atoms with Gasteiger partial charge in [-0.3, -0.25) is 9.69 Å². The fourth-order valence-electron chi connectivity index (χ4n) is 4.52. The number of carbonyl (C=O) groups excluding carboxylic acids is 2. The Morgan fingerprint density at radius 2 is 1.85 bits per heavy atom. The molecule has 2 aromatic carbocycles. The first kappa shape index (κ1) is 29.2. The molecule has 1 aromatic heterocycles. The van der Waals surface area contributed by atoms with E-state index in [1.54, 1.807) is 15.7 Å². The molecule has 2 atom stereocenters. The lowest BCUT2D eigenvalue weighted by Gasteiger charge is -2.28. The van der Waals surface area contributed by atoms with E-state index in [1.165, 1.54) is 6.08 Å². The number of nitrogens with one attached hydrogen (secondary N) is 1. The topological polar surface area (TPSA) is 76.5 Å². The Labute approximate surface area is 247 Å². The first-order chi connectivity index (χ1) is 18.4. The number of halogens is 3. The number of aryl methyl sites for hydroxylation is 1. The van der Waals surface area contributed by atoms with Crippen LogP contribution in [-0.2, 0) is 16.1 Å². The fraction of sp³-hybridized carbons (Fsp3) is 0.345. The predicted octanol–water partition coefficient (Wildman–Crippen LogP) is 7.19. The zero-order valence-corrected chi connectivity index (χ0v) is 25.3. The standard InChI is InChI=1S/C29H31BrCl2N4O3/c1-18-23(27(32)36(34-18)16-20-7-5-6-8-24(20)31)13-14-26(37)33-22-15-25(19-9-11-21(30)12-10-19)35(17-22)28(38)39-29(2,3)4/h5-14,22,25H,15-17H2,1-4H3,(H,33,37)/b14-13+. The smallest absolute Gasteiger partial charge is 0.410 e. The summed E-state index contributed by atoms with van der Waals surface area (Å²) >= 11 is 16.4. The summed E-state index contributed by atoms with van der Waals surface area (Å²) in [7, 11) is 0. The Hall–Kier alpha value is -2.81.